The maximum Gasteiger partial charge on any atom is 0.315 e. The lowest BCUT2D eigenvalue weighted by molar-refractivity contribution is -0.108. The number of hydrogen-bond acceptors (Lipinski definition) is 3. The Labute approximate surface area is 148 Å². The number of rotatable bonds is 5. The average molecular weight is 349 g/mol. The van der Waals surface area contributed by atoms with Gasteiger partial charge in [-0.3, -0.25) is 0 Å². The van der Waals surface area contributed by atoms with Gasteiger partial charge >= 0.3 is 6.03 Å². The molecule has 0 aromatic heterocycles. The lowest BCUT2D eigenvalue weighted by atomic mass is 9.57. The minimum Gasteiger partial charge on any atom is -0.377 e. The van der Waals surface area contributed by atoms with Gasteiger partial charge in [0, 0.05) is 30.5 Å². The van der Waals surface area contributed by atoms with Crippen LogP contribution in [-0.2, 0) is 4.74 Å². The summed E-state index contributed by atoms with van der Waals surface area (Å²) >= 11 is 0. The highest BCUT2D eigenvalue weighted by Crippen LogP contribution is 2.52. The number of halogens is 1. The minimum absolute atomic E-state index is 0.0108. The third-order valence-electron chi connectivity index (χ3n) is 5.72. The van der Waals surface area contributed by atoms with Crippen LogP contribution in [0.1, 0.15) is 31.9 Å². The monoisotopic (exact) mass is 349 g/mol. The number of urea groups is 1. The van der Waals surface area contributed by atoms with Crippen molar-refractivity contribution >= 4 is 6.03 Å². The summed E-state index contributed by atoms with van der Waals surface area (Å²) in [4.78, 5) is 14.4. The van der Waals surface area contributed by atoms with E-state index in [2.05, 4.69) is 24.5 Å². The maximum absolute atomic E-state index is 13.1. The highest BCUT2D eigenvalue weighted by Gasteiger charge is 2.59. The van der Waals surface area contributed by atoms with E-state index in [1.807, 2.05) is 19.0 Å². The predicted octanol–water partition coefficient (Wildman–Crippen LogP) is 2.54. The topological polar surface area (TPSA) is 53.6 Å². The Morgan fingerprint density at radius 2 is 2.04 bits per heavy atom. The van der Waals surface area contributed by atoms with Gasteiger partial charge in [-0.2, -0.15) is 0 Å². The molecule has 0 bridgehead atoms. The van der Waals surface area contributed by atoms with E-state index in [0.717, 1.165) is 18.6 Å². The Balaban J connectivity index is 1.56. The number of benzene rings is 1. The number of nitrogens with one attached hydrogen (secondary N) is 2. The molecule has 1 saturated heterocycles. The van der Waals surface area contributed by atoms with Crippen molar-refractivity contribution in [2.45, 2.75) is 38.5 Å². The summed E-state index contributed by atoms with van der Waals surface area (Å²) in [5.74, 6) is 0.162. The minimum atomic E-state index is -0.257. The third kappa shape index (κ3) is 3.51. The first-order chi connectivity index (χ1) is 11.8. The molecule has 1 aromatic rings. The van der Waals surface area contributed by atoms with Crippen molar-refractivity contribution in [1.29, 1.82) is 0 Å². The number of carbonyl (C=O) groups excluding carboxylic acids is 1. The van der Waals surface area contributed by atoms with E-state index in [0.29, 0.717) is 12.5 Å². The molecule has 1 aliphatic carbocycles. The van der Waals surface area contributed by atoms with E-state index < -0.39 is 0 Å². The molecule has 1 heterocycles. The first-order valence-corrected chi connectivity index (χ1v) is 8.88. The molecule has 2 aliphatic rings. The Morgan fingerprint density at radius 1 is 1.36 bits per heavy atom. The smallest absolute Gasteiger partial charge is 0.315 e. The second-order valence-corrected chi connectivity index (χ2v) is 7.93. The number of amides is 2. The van der Waals surface area contributed by atoms with Gasteiger partial charge in [-0.1, -0.05) is 26.0 Å². The molecule has 2 fully saturated rings. The summed E-state index contributed by atoms with van der Waals surface area (Å²) < 4.78 is 18.9. The molecule has 25 heavy (non-hydrogen) atoms. The Kier molecular flexibility index (Phi) is 5.02. The van der Waals surface area contributed by atoms with Crippen LogP contribution in [0.5, 0.6) is 0 Å². The number of carbonyl (C=O) groups is 1. The van der Waals surface area contributed by atoms with E-state index in [1.165, 1.54) is 12.1 Å². The fourth-order valence-corrected chi connectivity index (χ4v) is 4.28. The van der Waals surface area contributed by atoms with Gasteiger partial charge in [-0.05, 0) is 38.2 Å². The second-order valence-electron chi connectivity index (χ2n) is 7.93. The van der Waals surface area contributed by atoms with Crippen LogP contribution in [-0.4, -0.2) is 50.3 Å². The van der Waals surface area contributed by atoms with Crippen LogP contribution in [0.15, 0.2) is 24.3 Å². The highest BCUT2D eigenvalue weighted by molar-refractivity contribution is 5.74. The maximum atomic E-state index is 13.1. The largest absolute Gasteiger partial charge is 0.377 e. The summed E-state index contributed by atoms with van der Waals surface area (Å²) in [7, 11) is 3.90. The standard InChI is InChI=1S/C19H28FN3O2/c1-19(2)16(14-9-10-25-17(14)19)22-18(24)21-11-15(23(3)4)12-5-7-13(20)8-6-12/h5-8,14-17H,9-11H2,1-4H3,(H2,21,22,24)/t14-,15-,16-,17+/m1/s1. The van der Waals surface area contributed by atoms with Gasteiger partial charge in [0.25, 0.3) is 0 Å². The lowest BCUT2D eigenvalue weighted by Gasteiger charge is -2.54. The van der Waals surface area contributed by atoms with E-state index in [-0.39, 0.29) is 35.5 Å². The summed E-state index contributed by atoms with van der Waals surface area (Å²) in [6.45, 7) is 5.53. The normalized spacial score (nSPS) is 28.2. The van der Waals surface area contributed by atoms with Crippen LogP contribution >= 0.6 is 0 Å². The molecule has 1 aromatic carbocycles. The van der Waals surface area contributed by atoms with E-state index >= 15 is 0 Å². The number of likely N-dealkylation sites (N-methyl/N-ethyl adjacent to an activating group) is 1. The van der Waals surface area contributed by atoms with Crippen molar-refractivity contribution in [3.8, 4) is 0 Å². The molecule has 5 nitrogen and oxygen atoms in total. The molecule has 0 unspecified atom stereocenters. The van der Waals surface area contributed by atoms with E-state index in [9.17, 15) is 9.18 Å². The fourth-order valence-electron chi connectivity index (χ4n) is 4.28. The molecular weight excluding hydrogens is 321 g/mol. The first-order valence-electron chi connectivity index (χ1n) is 8.88. The van der Waals surface area contributed by atoms with Crippen molar-refractivity contribution in [2.24, 2.45) is 11.3 Å². The van der Waals surface area contributed by atoms with E-state index in [4.69, 9.17) is 4.74 Å². The van der Waals surface area contributed by atoms with Gasteiger partial charge in [0.05, 0.1) is 12.1 Å². The first kappa shape index (κ1) is 18.1. The number of nitrogens with zero attached hydrogens (tertiary/aromatic N) is 1. The third-order valence-corrected chi connectivity index (χ3v) is 5.72. The summed E-state index contributed by atoms with van der Waals surface area (Å²) in [6, 6.07) is 6.39. The van der Waals surface area contributed by atoms with Crippen molar-refractivity contribution in [1.82, 2.24) is 15.5 Å². The molecule has 0 spiro atoms. The fraction of sp³-hybridized carbons (Fsp3) is 0.632. The molecule has 1 saturated carbocycles. The molecule has 0 radical (unpaired) electrons. The molecular formula is C19H28FN3O2. The zero-order valence-electron chi connectivity index (χ0n) is 15.4. The van der Waals surface area contributed by atoms with Crippen LogP contribution in [0.3, 0.4) is 0 Å². The van der Waals surface area contributed by atoms with Crippen LogP contribution < -0.4 is 10.6 Å². The molecule has 138 valence electrons. The predicted molar refractivity (Wildman–Crippen MR) is 94.8 cm³/mol. The van der Waals surface area contributed by atoms with Gasteiger partial charge in [0.1, 0.15) is 5.82 Å². The molecule has 2 N–H and O–H groups in total. The van der Waals surface area contributed by atoms with Crippen LogP contribution in [0, 0.1) is 17.2 Å². The van der Waals surface area contributed by atoms with Crippen LogP contribution in [0.25, 0.3) is 0 Å². The molecule has 4 atom stereocenters. The molecule has 1 aliphatic heterocycles. The lowest BCUT2D eigenvalue weighted by Crippen LogP contribution is -2.67. The van der Waals surface area contributed by atoms with Crippen molar-refractivity contribution in [3.63, 3.8) is 0 Å². The SMILES string of the molecule is CN(C)[C@H](CNC(=O)N[C@@H]1[C@H]2CCO[C@@H]2C1(C)C)c1ccc(F)cc1. The van der Waals surface area contributed by atoms with Crippen molar-refractivity contribution in [3.05, 3.63) is 35.6 Å². The van der Waals surface area contributed by atoms with Crippen LogP contribution in [0.4, 0.5) is 9.18 Å². The van der Waals surface area contributed by atoms with Crippen molar-refractivity contribution < 1.29 is 13.9 Å². The average Bonchev–Trinajstić information content (AvgIpc) is 3.01. The number of ether oxygens (including phenoxy) is 1. The summed E-state index contributed by atoms with van der Waals surface area (Å²) in [6.07, 6.45) is 1.26. The zero-order chi connectivity index (χ0) is 18.2. The van der Waals surface area contributed by atoms with E-state index in [1.54, 1.807) is 12.1 Å². The Bertz CT molecular complexity index is 618. The van der Waals surface area contributed by atoms with Gasteiger partial charge in [0.15, 0.2) is 0 Å². The Morgan fingerprint density at radius 3 is 2.68 bits per heavy atom. The summed E-state index contributed by atoms with van der Waals surface area (Å²) in [5.41, 5.74) is 0.941. The molecule has 6 heteroatoms. The zero-order valence-corrected chi connectivity index (χ0v) is 15.4. The number of hydrogen-bond donors (Lipinski definition) is 2. The molecule has 2 amide bonds. The highest BCUT2D eigenvalue weighted by atomic mass is 19.1. The van der Waals surface area contributed by atoms with Gasteiger partial charge in [-0.15, -0.1) is 0 Å². The second kappa shape index (κ2) is 6.92. The van der Waals surface area contributed by atoms with Gasteiger partial charge < -0.3 is 20.3 Å². The van der Waals surface area contributed by atoms with Gasteiger partial charge in [0.2, 0.25) is 0 Å². The van der Waals surface area contributed by atoms with Gasteiger partial charge in [-0.25, -0.2) is 9.18 Å². The van der Waals surface area contributed by atoms with Crippen molar-refractivity contribution in [2.75, 3.05) is 27.2 Å². The summed E-state index contributed by atoms with van der Waals surface area (Å²) in [5, 5.41) is 6.09. The Hall–Kier alpha value is -1.66. The molecule has 3 rings (SSSR count). The number of fused-ring (bicyclic) bond motifs is 1. The van der Waals surface area contributed by atoms with Crippen LogP contribution in [0.2, 0.25) is 0 Å². The quantitative estimate of drug-likeness (QED) is 0.859.